The third-order valence-corrected chi connectivity index (χ3v) is 7.41. The highest BCUT2D eigenvalue weighted by molar-refractivity contribution is 8.18. The van der Waals surface area contributed by atoms with E-state index in [0.717, 1.165) is 16.7 Å². The fourth-order valence-electron chi connectivity index (χ4n) is 3.09. The number of ether oxygens (including phenoxy) is 1. The van der Waals surface area contributed by atoms with Crippen LogP contribution in [0.3, 0.4) is 0 Å². The van der Waals surface area contributed by atoms with Gasteiger partial charge in [-0.15, -0.1) is 10.2 Å². The predicted molar refractivity (Wildman–Crippen MR) is 139 cm³/mol. The average Bonchev–Trinajstić information content (AvgIpc) is 3.13. The van der Waals surface area contributed by atoms with Crippen LogP contribution in [0, 0.1) is 0 Å². The van der Waals surface area contributed by atoms with Crippen molar-refractivity contribution >= 4 is 68.0 Å². The van der Waals surface area contributed by atoms with Gasteiger partial charge in [0.2, 0.25) is 11.8 Å². The number of methoxy groups -OCH3 is 1. The molecule has 1 aliphatic heterocycles. The number of anilines is 2. The minimum absolute atomic E-state index is 0.000443. The maximum Gasteiger partial charge on any atom is 0.294 e. The number of sulfonamides is 1. The Kier molecular flexibility index (Phi) is 7.76. The summed E-state index contributed by atoms with van der Waals surface area (Å²) in [4.78, 5) is 38.4. The molecule has 14 heteroatoms. The normalized spacial score (nSPS) is 14.6. The number of thioether (sulfide) groups is 1. The van der Waals surface area contributed by atoms with Crippen LogP contribution in [0.5, 0.6) is 5.88 Å². The Bertz CT molecular complexity index is 1480. The number of amides is 3. The second-order valence-corrected chi connectivity index (χ2v) is 10.6. The smallest absolute Gasteiger partial charge is 0.294 e. The fraction of sp³-hybridized carbons (Fsp3) is 0.0870. The predicted octanol–water partition coefficient (Wildman–Crippen LogP) is 3.61. The van der Waals surface area contributed by atoms with Crippen molar-refractivity contribution in [2.75, 3.05) is 23.7 Å². The molecule has 3 amide bonds. The van der Waals surface area contributed by atoms with Gasteiger partial charge in [-0.05, 0) is 65.9 Å². The van der Waals surface area contributed by atoms with Gasteiger partial charge in [-0.25, -0.2) is 8.42 Å². The standard InChI is InChI=1S/C23H18ClN5O6S2/c1-35-21-11-10-19(26-27-21)28-37(33,34)17-8-6-16(7-9-17)25-20(30)13-29-22(31)18(36-23(29)32)12-14-2-4-15(24)5-3-14/h2-12H,13H2,1H3,(H,25,30)(H,26,28)/b18-12-. The number of nitrogens with zero attached hydrogens (tertiary/aromatic N) is 3. The molecule has 4 rings (SSSR count). The van der Waals surface area contributed by atoms with E-state index in [9.17, 15) is 22.8 Å². The van der Waals surface area contributed by atoms with Crippen LogP contribution < -0.4 is 14.8 Å². The summed E-state index contributed by atoms with van der Waals surface area (Å²) in [5.41, 5.74) is 0.958. The minimum Gasteiger partial charge on any atom is -0.480 e. The van der Waals surface area contributed by atoms with Gasteiger partial charge in [-0.1, -0.05) is 23.7 Å². The van der Waals surface area contributed by atoms with E-state index in [0.29, 0.717) is 10.6 Å². The third-order valence-electron chi connectivity index (χ3n) is 4.88. The van der Waals surface area contributed by atoms with Crippen LogP contribution in [0.15, 0.2) is 70.5 Å². The summed E-state index contributed by atoms with van der Waals surface area (Å²) in [6.07, 6.45) is 1.55. The Hall–Kier alpha value is -3.94. The minimum atomic E-state index is -3.97. The summed E-state index contributed by atoms with van der Waals surface area (Å²) in [7, 11) is -2.56. The largest absolute Gasteiger partial charge is 0.480 e. The van der Waals surface area contributed by atoms with Crippen molar-refractivity contribution in [1.29, 1.82) is 0 Å². The molecular formula is C23H18ClN5O6S2. The highest BCUT2D eigenvalue weighted by Crippen LogP contribution is 2.32. The molecule has 11 nitrogen and oxygen atoms in total. The Balaban J connectivity index is 1.37. The molecule has 0 spiro atoms. The SMILES string of the molecule is COc1ccc(NS(=O)(=O)c2ccc(NC(=O)CN3C(=O)S/C(=C\c4ccc(Cl)cc4)C3=O)cc2)nn1. The Morgan fingerprint density at radius 1 is 1.05 bits per heavy atom. The van der Waals surface area contributed by atoms with Crippen molar-refractivity contribution in [1.82, 2.24) is 15.1 Å². The van der Waals surface area contributed by atoms with E-state index in [1.54, 1.807) is 30.3 Å². The van der Waals surface area contributed by atoms with Gasteiger partial charge in [0.1, 0.15) is 6.54 Å². The van der Waals surface area contributed by atoms with E-state index in [-0.39, 0.29) is 27.2 Å². The first-order valence-electron chi connectivity index (χ1n) is 10.5. The molecule has 1 aliphatic rings. The summed E-state index contributed by atoms with van der Waals surface area (Å²) in [6, 6.07) is 14.9. The molecular weight excluding hydrogens is 542 g/mol. The number of hydrogen-bond donors (Lipinski definition) is 2. The van der Waals surface area contributed by atoms with Crippen molar-refractivity contribution in [2.24, 2.45) is 0 Å². The molecule has 2 N–H and O–H groups in total. The van der Waals surface area contributed by atoms with Crippen LogP contribution >= 0.6 is 23.4 Å². The second-order valence-electron chi connectivity index (χ2n) is 7.46. The van der Waals surface area contributed by atoms with E-state index < -0.39 is 33.6 Å². The molecule has 3 aromatic rings. The van der Waals surface area contributed by atoms with Gasteiger partial charge in [-0.3, -0.25) is 24.0 Å². The third kappa shape index (κ3) is 6.44. The Morgan fingerprint density at radius 3 is 2.38 bits per heavy atom. The molecule has 0 saturated carbocycles. The molecule has 0 bridgehead atoms. The van der Waals surface area contributed by atoms with Crippen LogP contribution in [0.2, 0.25) is 5.02 Å². The summed E-state index contributed by atoms with van der Waals surface area (Å²) in [5, 5.41) is 9.92. The summed E-state index contributed by atoms with van der Waals surface area (Å²) in [5.74, 6) is -0.986. The second kappa shape index (κ2) is 11.0. The zero-order valence-electron chi connectivity index (χ0n) is 19.0. The van der Waals surface area contributed by atoms with E-state index in [2.05, 4.69) is 20.2 Å². The van der Waals surface area contributed by atoms with Crippen molar-refractivity contribution in [3.8, 4) is 5.88 Å². The molecule has 0 unspecified atom stereocenters. The fourth-order valence-corrected chi connectivity index (χ4v) is 5.05. The van der Waals surface area contributed by atoms with Gasteiger partial charge in [0.25, 0.3) is 21.2 Å². The lowest BCUT2D eigenvalue weighted by atomic mass is 10.2. The Morgan fingerprint density at radius 2 is 1.76 bits per heavy atom. The van der Waals surface area contributed by atoms with Crippen molar-refractivity contribution in [3.63, 3.8) is 0 Å². The lowest BCUT2D eigenvalue weighted by Gasteiger charge is -2.13. The molecule has 1 saturated heterocycles. The Labute approximate surface area is 220 Å². The van der Waals surface area contributed by atoms with Crippen LogP contribution in [0.1, 0.15) is 5.56 Å². The van der Waals surface area contributed by atoms with Gasteiger partial charge in [0.15, 0.2) is 5.82 Å². The molecule has 0 atom stereocenters. The molecule has 2 aromatic carbocycles. The number of imide groups is 1. The maximum atomic E-state index is 12.6. The summed E-state index contributed by atoms with van der Waals surface area (Å²) in [6.45, 7) is -0.500. The number of nitrogens with one attached hydrogen (secondary N) is 2. The van der Waals surface area contributed by atoms with Crippen LogP contribution in [0.4, 0.5) is 16.3 Å². The zero-order valence-corrected chi connectivity index (χ0v) is 21.4. The highest BCUT2D eigenvalue weighted by Gasteiger charge is 2.36. The van der Waals surface area contributed by atoms with E-state index in [1.807, 2.05) is 0 Å². The zero-order chi connectivity index (χ0) is 26.6. The monoisotopic (exact) mass is 559 g/mol. The van der Waals surface area contributed by atoms with Gasteiger partial charge in [0, 0.05) is 16.8 Å². The lowest BCUT2D eigenvalue weighted by Crippen LogP contribution is -2.36. The van der Waals surface area contributed by atoms with Gasteiger partial charge < -0.3 is 10.1 Å². The number of aromatic nitrogens is 2. The number of rotatable bonds is 8. The van der Waals surface area contributed by atoms with Crippen molar-refractivity contribution in [3.05, 3.63) is 76.2 Å². The molecule has 190 valence electrons. The first kappa shape index (κ1) is 26.1. The van der Waals surface area contributed by atoms with Crippen molar-refractivity contribution < 1.29 is 27.5 Å². The number of carbonyl (C=O) groups is 3. The van der Waals surface area contributed by atoms with Crippen LogP contribution in [0.25, 0.3) is 6.08 Å². The first-order valence-corrected chi connectivity index (χ1v) is 13.1. The van der Waals surface area contributed by atoms with Crippen LogP contribution in [-0.4, -0.2) is 54.2 Å². The molecule has 37 heavy (non-hydrogen) atoms. The highest BCUT2D eigenvalue weighted by atomic mass is 35.5. The molecule has 1 fully saturated rings. The topological polar surface area (TPSA) is 148 Å². The molecule has 0 radical (unpaired) electrons. The lowest BCUT2D eigenvalue weighted by molar-refractivity contribution is -0.127. The van der Waals surface area contributed by atoms with Gasteiger partial charge in [-0.2, -0.15) is 0 Å². The number of halogens is 1. The quantitative estimate of drug-likeness (QED) is 0.395. The van der Waals surface area contributed by atoms with E-state index >= 15 is 0 Å². The van der Waals surface area contributed by atoms with Crippen LogP contribution in [-0.2, 0) is 19.6 Å². The number of carbonyl (C=O) groups excluding carboxylic acids is 3. The van der Waals surface area contributed by atoms with E-state index in [1.165, 1.54) is 43.5 Å². The van der Waals surface area contributed by atoms with E-state index in [4.69, 9.17) is 16.3 Å². The summed E-state index contributed by atoms with van der Waals surface area (Å²) >= 11 is 6.59. The molecule has 2 heterocycles. The molecule has 0 aliphatic carbocycles. The molecule has 1 aromatic heterocycles. The number of hydrogen-bond acceptors (Lipinski definition) is 9. The number of benzene rings is 2. The maximum absolute atomic E-state index is 12.6. The van der Waals surface area contributed by atoms with Crippen molar-refractivity contribution in [2.45, 2.75) is 4.90 Å². The first-order chi connectivity index (χ1) is 17.6. The van der Waals surface area contributed by atoms with Gasteiger partial charge >= 0.3 is 0 Å². The van der Waals surface area contributed by atoms with Gasteiger partial charge in [0.05, 0.1) is 16.9 Å². The average molecular weight is 560 g/mol. The summed E-state index contributed by atoms with van der Waals surface area (Å²) < 4.78 is 32.3.